The number of aromatic nitrogens is 2. The van der Waals surface area contributed by atoms with Crippen LogP contribution in [0.1, 0.15) is 23.8 Å². The van der Waals surface area contributed by atoms with E-state index in [0.717, 1.165) is 35.9 Å². The van der Waals surface area contributed by atoms with Gasteiger partial charge in [0.2, 0.25) is 0 Å². The maximum Gasteiger partial charge on any atom is 0.306 e. The van der Waals surface area contributed by atoms with Crippen LogP contribution in [0.25, 0.3) is 21.6 Å². The third-order valence-corrected chi connectivity index (χ3v) is 7.11. The van der Waals surface area contributed by atoms with Crippen molar-refractivity contribution in [3.05, 3.63) is 37.4 Å². The molecule has 1 N–H and O–H groups in total. The molecule has 10 heteroatoms. The summed E-state index contributed by atoms with van der Waals surface area (Å²) < 4.78 is 33.7. The summed E-state index contributed by atoms with van der Waals surface area (Å²) in [5, 5.41) is 0.684. The molecule has 3 aromatic rings. The molecule has 0 aliphatic heterocycles. The van der Waals surface area contributed by atoms with Gasteiger partial charge < -0.3 is 13.9 Å². The number of methoxy groups -OCH3 is 1. The first kappa shape index (κ1) is 20.4. The Morgan fingerprint density at radius 2 is 2.10 bits per heavy atom. The van der Waals surface area contributed by atoms with Crippen LogP contribution in [0.4, 0.5) is 0 Å². The molecule has 0 amide bonds. The van der Waals surface area contributed by atoms with Crippen LogP contribution in [0.3, 0.4) is 0 Å². The van der Waals surface area contributed by atoms with E-state index in [9.17, 15) is 13.2 Å². The summed E-state index contributed by atoms with van der Waals surface area (Å²) >= 11 is 4.90. The minimum Gasteiger partial charge on any atom is -0.493 e. The van der Waals surface area contributed by atoms with Crippen molar-refractivity contribution in [1.29, 1.82) is 0 Å². The van der Waals surface area contributed by atoms with Gasteiger partial charge in [-0.05, 0) is 58.8 Å². The van der Waals surface area contributed by atoms with Gasteiger partial charge in [0, 0.05) is 10.4 Å². The SMILES string of the molecule is COc1cc(-c2nc3sc4c(c3c(=O)[nH]2)CC[C@H](C)C4)cc(Br)c1OS(C)(=O)=O. The number of aryl methyl sites for hydroxylation is 1. The number of nitrogens with zero attached hydrogens (tertiary/aromatic N) is 1. The summed E-state index contributed by atoms with van der Waals surface area (Å²) in [7, 11) is -2.32. The lowest BCUT2D eigenvalue weighted by molar-refractivity contribution is 0.390. The number of ether oxygens (including phenoxy) is 1. The Morgan fingerprint density at radius 1 is 1.34 bits per heavy atom. The maximum atomic E-state index is 12.8. The predicted octanol–water partition coefficient (Wildman–Crippen LogP) is 3.89. The molecular formula is C19H19BrN2O5S2. The van der Waals surface area contributed by atoms with Crippen molar-refractivity contribution in [3.8, 4) is 22.9 Å². The van der Waals surface area contributed by atoms with Crippen LogP contribution >= 0.6 is 27.3 Å². The van der Waals surface area contributed by atoms with Crippen molar-refractivity contribution >= 4 is 47.6 Å². The highest BCUT2D eigenvalue weighted by molar-refractivity contribution is 9.10. The van der Waals surface area contributed by atoms with Gasteiger partial charge in [-0.1, -0.05) is 6.92 Å². The number of H-pyrrole nitrogens is 1. The monoisotopic (exact) mass is 498 g/mol. The molecule has 2 heterocycles. The zero-order valence-electron chi connectivity index (χ0n) is 16.0. The molecular weight excluding hydrogens is 480 g/mol. The molecule has 7 nitrogen and oxygen atoms in total. The van der Waals surface area contributed by atoms with E-state index < -0.39 is 10.1 Å². The van der Waals surface area contributed by atoms with E-state index in [1.807, 2.05) is 0 Å². The van der Waals surface area contributed by atoms with Crippen LogP contribution in [0.15, 0.2) is 21.4 Å². The fraction of sp³-hybridized carbons (Fsp3) is 0.368. The molecule has 0 saturated heterocycles. The smallest absolute Gasteiger partial charge is 0.306 e. The first-order chi connectivity index (χ1) is 13.7. The number of nitrogens with one attached hydrogen (secondary N) is 1. The van der Waals surface area contributed by atoms with E-state index in [1.165, 1.54) is 12.0 Å². The topological polar surface area (TPSA) is 98.3 Å². The van der Waals surface area contributed by atoms with Gasteiger partial charge >= 0.3 is 10.1 Å². The van der Waals surface area contributed by atoms with E-state index in [2.05, 4.69) is 32.8 Å². The summed E-state index contributed by atoms with van der Waals surface area (Å²) in [6.45, 7) is 2.22. The van der Waals surface area contributed by atoms with Gasteiger partial charge in [0.1, 0.15) is 10.7 Å². The summed E-state index contributed by atoms with van der Waals surface area (Å²) in [5.74, 6) is 1.25. The Bertz CT molecular complexity index is 1280. The van der Waals surface area contributed by atoms with Crippen LogP contribution < -0.4 is 14.5 Å². The van der Waals surface area contributed by atoms with Gasteiger partial charge in [-0.2, -0.15) is 8.42 Å². The molecule has 1 aliphatic carbocycles. The molecule has 2 aromatic heterocycles. The first-order valence-electron chi connectivity index (χ1n) is 8.98. The van der Waals surface area contributed by atoms with Gasteiger partial charge in [0.25, 0.3) is 5.56 Å². The Hall–Kier alpha value is -1.91. The number of halogens is 1. The van der Waals surface area contributed by atoms with Crippen LogP contribution in [0.2, 0.25) is 0 Å². The lowest BCUT2D eigenvalue weighted by Crippen LogP contribution is -2.13. The largest absolute Gasteiger partial charge is 0.493 e. The minimum atomic E-state index is -3.73. The lowest BCUT2D eigenvalue weighted by atomic mass is 9.89. The molecule has 0 bridgehead atoms. The fourth-order valence-corrected chi connectivity index (χ4v) is 6.06. The molecule has 1 aliphatic rings. The number of hydrogen-bond acceptors (Lipinski definition) is 7. The normalized spacial score (nSPS) is 16.6. The number of thiophene rings is 1. The lowest BCUT2D eigenvalue weighted by Gasteiger charge is -2.17. The molecule has 1 aromatic carbocycles. The van der Waals surface area contributed by atoms with Crippen LogP contribution in [0.5, 0.6) is 11.5 Å². The second-order valence-electron chi connectivity index (χ2n) is 7.22. The Labute approximate surface area is 180 Å². The van der Waals surface area contributed by atoms with Crippen molar-refractivity contribution in [2.45, 2.75) is 26.2 Å². The zero-order valence-corrected chi connectivity index (χ0v) is 19.3. The van der Waals surface area contributed by atoms with Crippen LogP contribution in [0, 0.1) is 5.92 Å². The highest BCUT2D eigenvalue weighted by atomic mass is 79.9. The first-order valence-corrected chi connectivity index (χ1v) is 12.4. The summed E-state index contributed by atoms with van der Waals surface area (Å²) in [5.41, 5.74) is 1.54. The molecule has 0 saturated carbocycles. The van der Waals surface area contributed by atoms with Gasteiger partial charge in [-0.3, -0.25) is 4.79 Å². The molecule has 0 unspecified atom stereocenters. The van der Waals surface area contributed by atoms with Gasteiger partial charge in [0.05, 0.1) is 23.2 Å². The van der Waals surface area contributed by atoms with Gasteiger partial charge in [0.15, 0.2) is 11.5 Å². The fourth-order valence-electron chi connectivity index (χ4n) is 3.57. The highest BCUT2D eigenvalue weighted by Gasteiger charge is 2.24. The van der Waals surface area contributed by atoms with E-state index in [4.69, 9.17) is 8.92 Å². The average Bonchev–Trinajstić information content (AvgIpc) is 2.99. The molecule has 29 heavy (non-hydrogen) atoms. The number of hydrogen-bond donors (Lipinski definition) is 1. The van der Waals surface area contributed by atoms with Gasteiger partial charge in [-0.25, -0.2) is 4.98 Å². The quantitative estimate of drug-likeness (QED) is 0.547. The van der Waals surface area contributed by atoms with E-state index in [0.29, 0.717) is 27.2 Å². The third-order valence-electron chi connectivity index (χ3n) is 4.90. The van der Waals surface area contributed by atoms with Crippen LogP contribution in [-0.4, -0.2) is 31.8 Å². The molecule has 1 atom stereocenters. The second-order valence-corrected chi connectivity index (χ2v) is 10.7. The predicted molar refractivity (Wildman–Crippen MR) is 117 cm³/mol. The average molecular weight is 499 g/mol. The third kappa shape index (κ3) is 3.93. The summed E-state index contributed by atoms with van der Waals surface area (Å²) in [4.78, 5) is 22.4. The van der Waals surface area contributed by atoms with Crippen molar-refractivity contribution in [2.24, 2.45) is 5.92 Å². The molecule has 154 valence electrons. The zero-order chi connectivity index (χ0) is 20.9. The van der Waals surface area contributed by atoms with E-state index >= 15 is 0 Å². The number of fused-ring (bicyclic) bond motifs is 3. The number of aromatic amines is 1. The molecule has 0 radical (unpaired) electrons. The van der Waals surface area contributed by atoms with Crippen molar-refractivity contribution < 1.29 is 17.3 Å². The van der Waals surface area contributed by atoms with E-state index in [-0.39, 0.29) is 17.1 Å². The van der Waals surface area contributed by atoms with Crippen molar-refractivity contribution in [2.75, 3.05) is 13.4 Å². The van der Waals surface area contributed by atoms with Crippen LogP contribution in [-0.2, 0) is 23.0 Å². The highest BCUT2D eigenvalue weighted by Crippen LogP contribution is 2.40. The van der Waals surface area contributed by atoms with Crippen molar-refractivity contribution in [1.82, 2.24) is 9.97 Å². The van der Waals surface area contributed by atoms with Gasteiger partial charge in [-0.15, -0.1) is 11.3 Å². The maximum absolute atomic E-state index is 12.8. The number of benzene rings is 1. The second kappa shape index (κ2) is 7.41. The summed E-state index contributed by atoms with van der Waals surface area (Å²) in [6.07, 6.45) is 3.91. The molecule has 0 spiro atoms. The van der Waals surface area contributed by atoms with E-state index in [1.54, 1.807) is 23.5 Å². The number of rotatable bonds is 4. The molecule has 0 fully saturated rings. The Morgan fingerprint density at radius 3 is 2.79 bits per heavy atom. The summed E-state index contributed by atoms with van der Waals surface area (Å²) in [6, 6.07) is 3.23. The standard InChI is InChI=1S/C19H19BrN2O5S2/c1-9-4-5-11-14(6-9)28-19-15(11)18(23)21-17(22-19)10-7-12(20)16(13(8-10)26-2)27-29(3,24)25/h7-9H,4-6H2,1-3H3,(H,21,22,23)/t9-/m0/s1. The minimum absolute atomic E-state index is 0.0442. The Balaban J connectivity index is 1.85. The Kier molecular flexibility index (Phi) is 5.20. The van der Waals surface area contributed by atoms with Crippen molar-refractivity contribution in [3.63, 3.8) is 0 Å². The molecule has 4 rings (SSSR count).